The van der Waals surface area contributed by atoms with Crippen molar-refractivity contribution < 1.29 is 14.3 Å². The first-order chi connectivity index (χ1) is 9.61. The van der Waals surface area contributed by atoms with E-state index in [4.69, 9.17) is 9.52 Å². The Morgan fingerprint density at radius 2 is 1.95 bits per heavy atom. The largest absolute Gasteiger partial charge is 0.478 e. The average molecular weight is 267 g/mol. The highest BCUT2D eigenvalue weighted by atomic mass is 16.4. The van der Waals surface area contributed by atoms with Crippen molar-refractivity contribution in [2.24, 2.45) is 0 Å². The second kappa shape index (κ2) is 4.81. The number of carboxylic acids is 1. The van der Waals surface area contributed by atoms with Crippen LogP contribution in [0.1, 0.15) is 27.4 Å². The van der Waals surface area contributed by atoms with E-state index in [1.807, 2.05) is 31.2 Å². The summed E-state index contributed by atoms with van der Waals surface area (Å²) in [7, 11) is 0. The van der Waals surface area contributed by atoms with Gasteiger partial charge in [-0.05, 0) is 30.7 Å². The molecule has 0 atom stereocenters. The summed E-state index contributed by atoms with van der Waals surface area (Å²) in [6.45, 7) is 2.04. The van der Waals surface area contributed by atoms with Crippen molar-refractivity contribution >= 4 is 17.1 Å². The van der Waals surface area contributed by atoms with Gasteiger partial charge in [0.05, 0.1) is 5.56 Å². The zero-order valence-corrected chi connectivity index (χ0v) is 11.0. The van der Waals surface area contributed by atoms with Crippen LogP contribution in [-0.4, -0.2) is 16.1 Å². The van der Waals surface area contributed by atoms with E-state index in [1.54, 1.807) is 6.07 Å². The maximum Gasteiger partial charge on any atom is 0.335 e. The number of hydrogen-bond donors (Lipinski definition) is 1. The van der Waals surface area contributed by atoms with Gasteiger partial charge in [0.1, 0.15) is 5.52 Å². The van der Waals surface area contributed by atoms with Gasteiger partial charge in [-0.3, -0.25) is 0 Å². The zero-order chi connectivity index (χ0) is 14.1. The molecule has 0 aliphatic heterocycles. The molecule has 1 N–H and O–H groups in total. The van der Waals surface area contributed by atoms with Gasteiger partial charge in [-0.25, -0.2) is 9.78 Å². The van der Waals surface area contributed by atoms with E-state index in [1.165, 1.54) is 17.7 Å². The number of carbonyl (C=O) groups is 1. The number of aryl methyl sites for hydroxylation is 1. The van der Waals surface area contributed by atoms with Gasteiger partial charge in [-0.2, -0.15) is 0 Å². The third-order valence-corrected chi connectivity index (χ3v) is 3.15. The molecule has 0 aliphatic carbocycles. The fourth-order valence-electron chi connectivity index (χ4n) is 2.06. The maximum absolute atomic E-state index is 10.9. The first-order valence-corrected chi connectivity index (χ1v) is 6.30. The minimum Gasteiger partial charge on any atom is -0.478 e. The van der Waals surface area contributed by atoms with Gasteiger partial charge in [0, 0.05) is 6.42 Å². The van der Waals surface area contributed by atoms with Gasteiger partial charge in [-0.1, -0.05) is 29.8 Å². The Bertz CT molecular complexity index is 772. The molecule has 4 nitrogen and oxygen atoms in total. The second-order valence-electron chi connectivity index (χ2n) is 4.76. The fraction of sp³-hybridized carbons (Fsp3) is 0.125. The highest BCUT2D eigenvalue weighted by Gasteiger charge is 2.10. The zero-order valence-electron chi connectivity index (χ0n) is 11.0. The summed E-state index contributed by atoms with van der Waals surface area (Å²) in [4.78, 5) is 15.3. The Kier molecular flexibility index (Phi) is 2.99. The summed E-state index contributed by atoms with van der Waals surface area (Å²) in [5.74, 6) is -0.374. The van der Waals surface area contributed by atoms with Crippen molar-refractivity contribution in [3.8, 4) is 0 Å². The molecule has 0 saturated carbocycles. The molecule has 2 aromatic carbocycles. The van der Waals surface area contributed by atoms with Gasteiger partial charge >= 0.3 is 5.97 Å². The summed E-state index contributed by atoms with van der Waals surface area (Å²) in [5, 5.41) is 8.95. The number of aromatic nitrogens is 1. The average Bonchev–Trinajstić information content (AvgIpc) is 2.82. The van der Waals surface area contributed by atoms with Gasteiger partial charge in [0.25, 0.3) is 0 Å². The molecule has 1 aromatic heterocycles. The van der Waals surface area contributed by atoms with E-state index < -0.39 is 5.97 Å². The third-order valence-electron chi connectivity index (χ3n) is 3.15. The smallest absolute Gasteiger partial charge is 0.335 e. The lowest BCUT2D eigenvalue weighted by Crippen LogP contribution is -1.94. The Morgan fingerprint density at radius 1 is 1.20 bits per heavy atom. The van der Waals surface area contributed by atoms with Crippen LogP contribution in [0.25, 0.3) is 11.1 Å². The quantitative estimate of drug-likeness (QED) is 0.789. The predicted octanol–water partition coefficient (Wildman–Crippen LogP) is 3.43. The number of rotatable bonds is 3. The van der Waals surface area contributed by atoms with Crippen LogP contribution in [-0.2, 0) is 6.42 Å². The maximum atomic E-state index is 10.9. The lowest BCUT2D eigenvalue weighted by atomic mass is 10.1. The lowest BCUT2D eigenvalue weighted by molar-refractivity contribution is 0.0697. The molecular weight excluding hydrogens is 254 g/mol. The molecule has 3 rings (SSSR count). The van der Waals surface area contributed by atoms with Crippen LogP contribution in [0.5, 0.6) is 0 Å². The monoisotopic (exact) mass is 267 g/mol. The van der Waals surface area contributed by atoms with E-state index in [2.05, 4.69) is 4.98 Å². The first kappa shape index (κ1) is 12.4. The number of fused-ring (bicyclic) bond motifs is 1. The van der Waals surface area contributed by atoms with E-state index in [9.17, 15) is 4.79 Å². The number of aromatic carboxylic acids is 1. The molecule has 0 fully saturated rings. The molecule has 0 radical (unpaired) electrons. The summed E-state index contributed by atoms with van der Waals surface area (Å²) in [5.41, 5.74) is 3.72. The summed E-state index contributed by atoms with van der Waals surface area (Å²) >= 11 is 0. The number of hydrogen-bond acceptors (Lipinski definition) is 3. The minimum absolute atomic E-state index is 0.215. The third kappa shape index (κ3) is 2.40. The molecule has 20 heavy (non-hydrogen) atoms. The summed E-state index contributed by atoms with van der Waals surface area (Å²) in [6.07, 6.45) is 0.595. The van der Waals surface area contributed by atoms with E-state index in [-0.39, 0.29) is 5.56 Å². The topological polar surface area (TPSA) is 63.3 Å². The first-order valence-electron chi connectivity index (χ1n) is 6.30. The van der Waals surface area contributed by atoms with Crippen LogP contribution >= 0.6 is 0 Å². The number of oxazole rings is 1. The Balaban J connectivity index is 1.92. The molecule has 0 bridgehead atoms. The van der Waals surface area contributed by atoms with Crippen LogP contribution in [0.2, 0.25) is 0 Å². The summed E-state index contributed by atoms with van der Waals surface area (Å²) < 4.78 is 5.63. The predicted molar refractivity (Wildman–Crippen MR) is 75.0 cm³/mol. The standard InChI is InChI=1S/C16H13NO3/c1-10-2-4-11(5-3-10)8-15-17-13-9-12(16(18)19)6-7-14(13)20-15/h2-7,9H,8H2,1H3,(H,18,19). The van der Waals surface area contributed by atoms with Crippen molar-refractivity contribution in [2.75, 3.05) is 0 Å². The van der Waals surface area contributed by atoms with Crippen LogP contribution in [0.15, 0.2) is 46.9 Å². The highest BCUT2D eigenvalue weighted by molar-refractivity contribution is 5.91. The van der Waals surface area contributed by atoms with Crippen LogP contribution in [0.4, 0.5) is 0 Å². The Morgan fingerprint density at radius 3 is 2.65 bits per heavy atom. The molecule has 0 aliphatic rings. The fourth-order valence-corrected chi connectivity index (χ4v) is 2.06. The Hall–Kier alpha value is -2.62. The van der Waals surface area contributed by atoms with Crippen molar-refractivity contribution in [1.82, 2.24) is 4.98 Å². The molecule has 0 spiro atoms. The van der Waals surface area contributed by atoms with Crippen LogP contribution in [0.3, 0.4) is 0 Å². The number of nitrogens with zero attached hydrogens (tertiary/aromatic N) is 1. The van der Waals surface area contributed by atoms with Crippen molar-refractivity contribution in [3.05, 3.63) is 65.0 Å². The van der Waals surface area contributed by atoms with Crippen LogP contribution in [0, 0.1) is 6.92 Å². The second-order valence-corrected chi connectivity index (χ2v) is 4.76. The van der Waals surface area contributed by atoms with Crippen molar-refractivity contribution in [3.63, 3.8) is 0 Å². The lowest BCUT2D eigenvalue weighted by Gasteiger charge is -1.97. The van der Waals surface area contributed by atoms with E-state index in [0.29, 0.717) is 23.4 Å². The minimum atomic E-state index is -0.963. The summed E-state index contributed by atoms with van der Waals surface area (Å²) in [6, 6.07) is 12.8. The number of carboxylic acid groups (broad SMARTS) is 1. The van der Waals surface area contributed by atoms with Crippen molar-refractivity contribution in [1.29, 1.82) is 0 Å². The molecule has 0 saturated heterocycles. The van der Waals surface area contributed by atoms with Crippen molar-refractivity contribution in [2.45, 2.75) is 13.3 Å². The molecule has 4 heteroatoms. The Labute approximate surface area is 115 Å². The molecule has 1 heterocycles. The van der Waals surface area contributed by atoms with Gasteiger partial charge in [-0.15, -0.1) is 0 Å². The molecule has 0 unspecified atom stereocenters. The molecule has 0 amide bonds. The normalized spacial score (nSPS) is 10.8. The van der Waals surface area contributed by atoms with Gasteiger partial charge in [0.15, 0.2) is 11.5 Å². The van der Waals surface area contributed by atoms with Gasteiger partial charge in [0.2, 0.25) is 0 Å². The highest BCUT2D eigenvalue weighted by Crippen LogP contribution is 2.19. The van der Waals surface area contributed by atoms with Gasteiger partial charge < -0.3 is 9.52 Å². The molecule has 100 valence electrons. The number of benzene rings is 2. The molecular formula is C16H13NO3. The van der Waals surface area contributed by atoms with Crippen LogP contribution < -0.4 is 0 Å². The van der Waals surface area contributed by atoms with E-state index in [0.717, 1.165) is 5.56 Å². The van der Waals surface area contributed by atoms with E-state index >= 15 is 0 Å². The molecule has 3 aromatic rings. The SMILES string of the molecule is Cc1ccc(Cc2nc3cc(C(=O)O)ccc3o2)cc1.